The summed E-state index contributed by atoms with van der Waals surface area (Å²) < 4.78 is 34.7. The summed E-state index contributed by atoms with van der Waals surface area (Å²) in [5.41, 5.74) is 0. The summed E-state index contributed by atoms with van der Waals surface area (Å²) in [5, 5.41) is 0. The number of nitrogens with zero attached hydrogens (tertiary/aromatic N) is 2. The average molecular weight is 280 g/mol. The van der Waals surface area contributed by atoms with Gasteiger partial charge in [0.2, 0.25) is 0 Å². The minimum absolute atomic E-state index is 0.222. The van der Waals surface area contributed by atoms with Crippen molar-refractivity contribution >= 4 is 16.1 Å². The van der Waals surface area contributed by atoms with E-state index in [9.17, 15) is 13.2 Å². The largest absolute Gasteiger partial charge is 0.465 e. The molecule has 0 spiro atoms. The van der Waals surface area contributed by atoms with Crippen LogP contribution in [0.5, 0.6) is 0 Å². The second-order valence-electron chi connectivity index (χ2n) is 4.31. The molecule has 0 bridgehead atoms. The first-order valence-corrected chi connectivity index (χ1v) is 7.51. The van der Waals surface area contributed by atoms with Crippen LogP contribution >= 0.6 is 0 Å². The molecule has 18 heavy (non-hydrogen) atoms. The lowest BCUT2D eigenvalue weighted by Crippen LogP contribution is -2.48. The fourth-order valence-electron chi connectivity index (χ4n) is 1.80. The van der Waals surface area contributed by atoms with E-state index in [2.05, 4.69) is 4.90 Å². The van der Waals surface area contributed by atoms with Gasteiger partial charge in [0, 0.05) is 46.2 Å². The summed E-state index contributed by atoms with van der Waals surface area (Å²) >= 11 is 0. The van der Waals surface area contributed by atoms with Gasteiger partial charge in [-0.2, -0.15) is 8.42 Å². The summed E-state index contributed by atoms with van der Waals surface area (Å²) in [4.78, 5) is 14.7. The zero-order valence-electron chi connectivity index (χ0n) is 10.5. The third-order valence-electron chi connectivity index (χ3n) is 2.84. The van der Waals surface area contributed by atoms with Crippen molar-refractivity contribution in [1.82, 2.24) is 9.80 Å². The fraction of sp³-hybridized carbons (Fsp3) is 0.900. The first kappa shape index (κ1) is 15.4. The number of rotatable bonds is 6. The van der Waals surface area contributed by atoms with Gasteiger partial charge in [-0.05, 0) is 0 Å². The quantitative estimate of drug-likeness (QED) is 0.496. The minimum Gasteiger partial charge on any atom is -0.465 e. The van der Waals surface area contributed by atoms with Crippen LogP contribution in [0.1, 0.15) is 6.92 Å². The molecule has 1 N–H and O–H groups in total. The summed E-state index contributed by atoms with van der Waals surface area (Å²) in [7, 11) is -3.87. The summed E-state index contributed by atoms with van der Waals surface area (Å²) in [6.07, 6.45) is 0. The van der Waals surface area contributed by atoms with Crippen LogP contribution in [0.4, 0.5) is 0 Å². The molecular weight excluding hydrogens is 260 g/mol. The van der Waals surface area contributed by atoms with Gasteiger partial charge in [0.15, 0.2) is 0 Å². The van der Waals surface area contributed by atoms with E-state index < -0.39 is 10.1 Å². The van der Waals surface area contributed by atoms with Gasteiger partial charge in [0.25, 0.3) is 10.1 Å². The van der Waals surface area contributed by atoms with Crippen LogP contribution < -0.4 is 0 Å². The van der Waals surface area contributed by atoms with Crippen molar-refractivity contribution in [3.05, 3.63) is 0 Å². The highest BCUT2D eigenvalue weighted by Gasteiger charge is 2.18. The maximum absolute atomic E-state index is 10.6. The lowest BCUT2D eigenvalue weighted by atomic mass is 10.3. The van der Waals surface area contributed by atoms with Gasteiger partial charge in [0.05, 0.1) is 5.75 Å². The Balaban J connectivity index is 2.14. The minimum atomic E-state index is -3.87. The highest BCUT2D eigenvalue weighted by molar-refractivity contribution is 7.85. The molecule has 1 rings (SSSR count). The smallest absolute Gasteiger partial charge is 0.302 e. The van der Waals surface area contributed by atoms with Crippen molar-refractivity contribution < 1.29 is 22.5 Å². The topological polar surface area (TPSA) is 87.2 Å². The van der Waals surface area contributed by atoms with Crippen LogP contribution in [0.15, 0.2) is 0 Å². The molecule has 0 radical (unpaired) electrons. The third-order valence-corrected chi connectivity index (χ3v) is 3.54. The maximum atomic E-state index is 10.6. The van der Waals surface area contributed by atoms with Gasteiger partial charge in [-0.25, -0.2) is 0 Å². The predicted octanol–water partition coefficient (Wildman–Crippen LogP) is -0.945. The zero-order chi connectivity index (χ0) is 13.6. The Morgan fingerprint density at radius 3 is 2.11 bits per heavy atom. The van der Waals surface area contributed by atoms with E-state index in [1.54, 1.807) is 0 Å². The molecule has 0 saturated carbocycles. The highest BCUT2D eigenvalue weighted by atomic mass is 32.2. The number of carbonyl (C=O) groups is 1. The molecule has 7 nitrogen and oxygen atoms in total. The van der Waals surface area contributed by atoms with Crippen molar-refractivity contribution in [2.75, 3.05) is 51.6 Å². The number of piperazine rings is 1. The van der Waals surface area contributed by atoms with Gasteiger partial charge in [-0.15, -0.1) is 0 Å². The van der Waals surface area contributed by atoms with Crippen molar-refractivity contribution in [2.45, 2.75) is 6.92 Å². The van der Waals surface area contributed by atoms with Gasteiger partial charge in [-0.1, -0.05) is 0 Å². The first-order chi connectivity index (χ1) is 8.37. The van der Waals surface area contributed by atoms with Crippen molar-refractivity contribution in [3.63, 3.8) is 0 Å². The Morgan fingerprint density at radius 1 is 1.17 bits per heavy atom. The zero-order valence-corrected chi connectivity index (χ0v) is 11.4. The molecule has 1 fully saturated rings. The Kier molecular flexibility index (Phi) is 6.00. The van der Waals surface area contributed by atoms with Crippen LogP contribution in [0.25, 0.3) is 0 Å². The fourth-order valence-corrected chi connectivity index (χ4v) is 2.29. The SMILES string of the molecule is CC(=O)OCCN1CCN(CCS(=O)(=O)O)CC1. The molecule has 0 aliphatic carbocycles. The van der Waals surface area contributed by atoms with Crippen LogP contribution in [0.2, 0.25) is 0 Å². The van der Waals surface area contributed by atoms with Crippen molar-refractivity contribution in [1.29, 1.82) is 0 Å². The highest BCUT2D eigenvalue weighted by Crippen LogP contribution is 2.01. The molecule has 1 aliphatic heterocycles. The molecule has 0 unspecified atom stereocenters. The van der Waals surface area contributed by atoms with Crippen LogP contribution in [0.3, 0.4) is 0 Å². The lowest BCUT2D eigenvalue weighted by Gasteiger charge is -2.34. The molecule has 1 heterocycles. The Bertz CT molecular complexity index is 362. The van der Waals surface area contributed by atoms with Gasteiger partial charge in [-0.3, -0.25) is 19.1 Å². The average Bonchev–Trinajstić information content (AvgIpc) is 2.26. The standard InChI is InChI=1S/C10H20N2O5S/c1-10(13)17-8-6-11-2-4-12(5-3-11)7-9-18(14,15)16/h2-9H2,1H3,(H,14,15,16). The van der Waals surface area contributed by atoms with E-state index in [4.69, 9.17) is 9.29 Å². The molecule has 106 valence electrons. The van der Waals surface area contributed by atoms with E-state index >= 15 is 0 Å². The number of esters is 1. The first-order valence-electron chi connectivity index (χ1n) is 5.90. The molecule has 0 aromatic heterocycles. The number of ether oxygens (including phenoxy) is 1. The summed E-state index contributed by atoms with van der Waals surface area (Å²) in [6, 6.07) is 0. The molecule has 1 aliphatic rings. The Labute approximate surface area is 107 Å². The molecule has 0 amide bonds. The van der Waals surface area contributed by atoms with Gasteiger partial charge < -0.3 is 4.74 Å². The Morgan fingerprint density at radius 2 is 1.67 bits per heavy atom. The third kappa shape index (κ3) is 6.90. The van der Waals surface area contributed by atoms with E-state index in [1.165, 1.54) is 6.92 Å². The van der Waals surface area contributed by atoms with Gasteiger partial charge in [0.1, 0.15) is 6.61 Å². The lowest BCUT2D eigenvalue weighted by molar-refractivity contribution is -0.141. The van der Waals surface area contributed by atoms with Crippen LogP contribution in [-0.4, -0.2) is 80.4 Å². The normalized spacial score (nSPS) is 18.8. The summed E-state index contributed by atoms with van der Waals surface area (Å²) in [5.74, 6) is -0.498. The number of hydrogen-bond donors (Lipinski definition) is 1. The van der Waals surface area contributed by atoms with Crippen molar-refractivity contribution in [2.24, 2.45) is 0 Å². The second-order valence-corrected chi connectivity index (χ2v) is 5.88. The molecule has 0 atom stereocenters. The number of hydrogen-bond acceptors (Lipinski definition) is 6. The molecular formula is C10H20N2O5S. The monoisotopic (exact) mass is 280 g/mol. The Hall–Kier alpha value is -0.700. The molecule has 0 aromatic rings. The molecule has 0 aromatic carbocycles. The van der Waals surface area contributed by atoms with E-state index in [-0.39, 0.29) is 11.7 Å². The predicted molar refractivity (Wildman–Crippen MR) is 65.9 cm³/mol. The summed E-state index contributed by atoms with van der Waals surface area (Å²) in [6.45, 7) is 5.97. The molecule has 1 saturated heterocycles. The second kappa shape index (κ2) is 7.03. The molecule has 8 heteroatoms. The van der Waals surface area contributed by atoms with Crippen LogP contribution in [0, 0.1) is 0 Å². The van der Waals surface area contributed by atoms with E-state index in [1.807, 2.05) is 4.90 Å². The van der Waals surface area contributed by atoms with E-state index in [0.29, 0.717) is 19.7 Å². The maximum Gasteiger partial charge on any atom is 0.302 e. The van der Waals surface area contributed by atoms with Gasteiger partial charge >= 0.3 is 5.97 Å². The van der Waals surface area contributed by atoms with E-state index in [0.717, 1.165) is 26.2 Å². The van der Waals surface area contributed by atoms with Crippen LogP contribution in [-0.2, 0) is 19.6 Å². The van der Waals surface area contributed by atoms with Crippen molar-refractivity contribution in [3.8, 4) is 0 Å². The number of carbonyl (C=O) groups excluding carboxylic acids is 1.